The number of alkyl carbamates (subject to hydrolysis) is 2. The minimum absolute atomic E-state index is 0.00597. The zero-order valence-electron chi connectivity index (χ0n) is 79.9. The summed E-state index contributed by atoms with van der Waals surface area (Å²) in [6.45, 7) is 36.3. The third-order valence-electron chi connectivity index (χ3n) is 20.5. The topological polar surface area (TPSA) is 318 Å². The number of carboxylic acids is 2. The summed E-state index contributed by atoms with van der Waals surface area (Å²) in [7, 11) is 5.08. The fourth-order valence-electron chi connectivity index (χ4n) is 12.3. The first-order chi connectivity index (χ1) is 61.4. The minimum Gasteiger partial charge on any atom is -0.481 e. The lowest BCUT2D eigenvalue weighted by Crippen LogP contribution is -2.48. The van der Waals surface area contributed by atoms with Gasteiger partial charge in [0.15, 0.2) is 0 Å². The maximum absolute atomic E-state index is 13.0. The number of halogens is 1. The van der Waals surface area contributed by atoms with Crippen LogP contribution in [-0.2, 0) is 111 Å². The zero-order chi connectivity index (χ0) is 97.3. The molecule has 0 bridgehead atoms. The minimum atomic E-state index is -1.04. The van der Waals surface area contributed by atoms with Crippen LogP contribution in [0.2, 0.25) is 0 Å². The first-order valence-corrected chi connectivity index (χ1v) is 47.0. The predicted molar refractivity (Wildman–Crippen MR) is 521 cm³/mol. The molecule has 2 aromatic heterocycles. The lowest BCUT2D eigenvalue weighted by molar-refractivity contribution is -0.157. The van der Waals surface area contributed by atoms with E-state index in [4.69, 9.17) is 43.4 Å². The number of ether oxygens (including phenoxy) is 7. The summed E-state index contributed by atoms with van der Waals surface area (Å²) in [5.41, 5.74) is 5.15. The Labute approximate surface area is 786 Å². The van der Waals surface area contributed by atoms with E-state index in [9.17, 15) is 47.9 Å². The van der Waals surface area contributed by atoms with Gasteiger partial charge >= 0.3 is 54.1 Å². The van der Waals surface area contributed by atoms with Crippen LogP contribution in [0.15, 0.2) is 211 Å². The molecule has 24 nitrogen and oxygen atoms in total. The van der Waals surface area contributed by atoms with Crippen molar-refractivity contribution >= 4 is 119 Å². The molecule has 0 saturated carbocycles. The molecule has 5 N–H and O–H groups in total. The third kappa shape index (κ3) is 43.6. The number of fused-ring (bicyclic) bond motifs is 2. The van der Waals surface area contributed by atoms with E-state index in [0.717, 1.165) is 79.9 Å². The van der Waals surface area contributed by atoms with Crippen molar-refractivity contribution in [2.45, 2.75) is 255 Å². The van der Waals surface area contributed by atoms with Crippen LogP contribution in [0.1, 0.15) is 203 Å². The van der Waals surface area contributed by atoms with Gasteiger partial charge in [-0.1, -0.05) is 305 Å². The van der Waals surface area contributed by atoms with Crippen LogP contribution < -0.4 is 16.0 Å². The molecule has 0 unspecified atom stereocenters. The number of hydrogen-bond acceptors (Lipinski definition) is 20. The SMILES string of the molecule is BrCc1ccccc1.CC[C@H](C)[C@@H](C(=O)OCc1ccccc1)N(C)C(=O)Cc1csc2ccccc12.CC[C@H](C)[C@@H](C(=O)OCc1ccccc1)N(C)C(=O)OC(C)(C)C.CC[C@H](C)[C@H](NC(=O)OC(C)(C)C)C(=O)O.CC[C@H](C)[C@H](NC(=O)OC(C)(C)C)C(=O)OCc1ccccc1.CC[C@H](C)[C@H](NC)C(=O)OCc1ccccc1.O=C(O)Cc1csc2ccccc12. The summed E-state index contributed by atoms with van der Waals surface area (Å²) in [6.07, 6.45) is 2.45. The quantitative estimate of drug-likeness (QED) is 0.0145. The fourth-order valence-corrected chi connectivity index (χ4v) is 14.6. The molecule has 0 spiro atoms. The van der Waals surface area contributed by atoms with E-state index in [2.05, 4.69) is 57.0 Å². The molecule has 7 aromatic carbocycles. The second-order valence-electron chi connectivity index (χ2n) is 34.5. The Hall–Kier alpha value is -11.0. The fraction of sp³-hybridized carbons (Fsp3) is 0.456. The monoisotopic (exact) mass is 1890 g/mol. The van der Waals surface area contributed by atoms with Gasteiger partial charge in [0.2, 0.25) is 5.91 Å². The Balaban J connectivity index is 0.000000401. The Morgan fingerprint density at radius 1 is 0.377 bits per heavy atom. The first kappa shape index (κ1) is 113. The molecule has 9 rings (SSSR count). The number of carbonyl (C=O) groups is 10. The molecule has 710 valence electrons. The number of amides is 4. The van der Waals surface area contributed by atoms with E-state index in [-0.39, 0.29) is 86.1 Å². The lowest BCUT2D eigenvalue weighted by Gasteiger charge is -2.32. The highest BCUT2D eigenvalue weighted by Crippen LogP contribution is 2.29. The summed E-state index contributed by atoms with van der Waals surface area (Å²) >= 11 is 6.59. The molecule has 27 heteroatoms. The lowest BCUT2D eigenvalue weighted by atomic mass is 9.97. The van der Waals surface area contributed by atoms with Crippen LogP contribution in [0.25, 0.3) is 20.2 Å². The number of carboxylic acid groups (broad SMARTS) is 2. The molecule has 2 heterocycles. The van der Waals surface area contributed by atoms with Crippen molar-refractivity contribution in [3.05, 3.63) is 250 Å². The van der Waals surface area contributed by atoms with E-state index in [1.165, 1.54) is 15.2 Å². The van der Waals surface area contributed by atoms with Crippen LogP contribution in [0.5, 0.6) is 0 Å². The highest BCUT2D eigenvalue weighted by Gasteiger charge is 2.37. The van der Waals surface area contributed by atoms with E-state index in [0.29, 0.717) is 13.0 Å². The molecule has 0 radical (unpaired) electrons. The number of alkyl halides is 1. The summed E-state index contributed by atoms with van der Waals surface area (Å²) < 4.78 is 39.5. The summed E-state index contributed by atoms with van der Waals surface area (Å²) in [6, 6.07) is 61.3. The van der Waals surface area contributed by atoms with Gasteiger partial charge in [-0.2, -0.15) is 0 Å². The third-order valence-corrected chi connectivity index (χ3v) is 23.2. The first-order valence-electron chi connectivity index (χ1n) is 44.1. The van der Waals surface area contributed by atoms with Crippen molar-refractivity contribution < 1.29 is 91.3 Å². The van der Waals surface area contributed by atoms with Gasteiger partial charge in [-0.15, -0.1) is 22.7 Å². The molecule has 0 fully saturated rings. The molecular weight excluding hydrogens is 1760 g/mol. The second kappa shape index (κ2) is 59.3. The number of rotatable bonds is 33. The largest absolute Gasteiger partial charge is 0.481 e. The number of esters is 4. The van der Waals surface area contributed by atoms with E-state index >= 15 is 0 Å². The molecular formula is C103H140BrN5O19S2. The van der Waals surface area contributed by atoms with Gasteiger partial charge in [0.05, 0.1) is 12.8 Å². The van der Waals surface area contributed by atoms with Crippen molar-refractivity contribution in [3.8, 4) is 0 Å². The Kier molecular flexibility index (Phi) is 51.7. The van der Waals surface area contributed by atoms with Crippen molar-refractivity contribution in [1.82, 2.24) is 25.8 Å². The Bertz CT molecular complexity index is 4830. The number of nitrogens with one attached hydrogen (secondary N) is 3. The van der Waals surface area contributed by atoms with Crippen molar-refractivity contribution in [3.63, 3.8) is 0 Å². The maximum atomic E-state index is 13.0. The molecule has 10 atom stereocenters. The number of hydrogen-bond donors (Lipinski definition) is 5. The van der Waals surface area contributed by atoms with Gasteiger partial charge in [0.1, 0.15) is 73.4 Å². The predicted octanol–water partition coefficient (Wildman–Crippen LogP) is 22.2. The number of likely N-dealkylation sites (N-methyl/N-ethyl adjacent to an activating group) is 3. The standard InChI is InChI=1S/C24H27NO3S.C19H29NO4.C18H27NO4.C14H21NO2.C11H21NO4.C10H8O2S.C7H7Br/c1-4-17(2)23(24(27)28-15-18-10-6-5-7-11-18)25(3)22(26)14-19-16-29-21-13-9-8-12-20(19)21;1-7-14(2)16(20(6)18(22)24-19(3,4)5)17(21)23-13-15-11-9-8-10-12-15;1-6-13(2)15(19-17(21)23-18(3,4)5)16(20)22-12-14-10-8-7-9-11-14;1-4-11(2)13(15-3)14(16)17-10-12-8-6-5-7-9-12;1-6-7(2)8(9(13)14)12-10(15)16-11(3,4)5;11-10(12)5-7-6-13-9-4-2-1-3-8(7)9;8-6-7-4-2-1-3-5-7/h5-13,16-17,23H,4,14-15H2,1-3H3;8-12,14,16H,7,13H2,1-6H3;7-11,13,15H,6,12H2,1-5H3,(H,19,21);5-9,11,13,15H,4,10H2,1-3H3;7-8H,6H2,1-5H3,(H,12,15)(H,13,14);1-4,6H,5H2,(H,11,12);1-5H,6H2/t17-,23-;14-,16-;13-,15-;11-,13-;7-,8-;;/m00000../s1. The molecule has 9 aromatic rings. The van der Waals surface area contributed by atoms with Crippen molar-refractivity contribution in [2.75, 3.05) is 21.1 Å². The van der Waals surface area contributed by atoms with Gasteiger partial charge in [-0.05, 0) is 172 Å². The molecule has 0 saturated heterocycles. The van der Waals surface area contributed by atoms with Crippen LogP contribution in [0, 0.1) is 29.6 Å². The van der Waals surface area contributed by atoms with Gasteiger partial charge in [-0.25, -0.2) is 33.6 Å². The molecule has 0 aliphatic carbocycles. The van der Waals surface area contributed by atoms with Gasteiger partial charge in [0, 0.05) is 28.8 Å². The van der Waals surface area contributed by atoms with Crippen molar-refractivity contribution in [1.29, 1.82) is 0 Å². The zero-order valence-corrected chi connectivity index (χ0v) is 83.1. The number of thiophene rings is 2. The average Bonchev–Trinajstić information content (AvgIpc) is 1.63. The van der Waals surface area contributed by atoms with Crippen LogP contribution in [0.3, 0.4) is 0 Å². The Morgan fingerprint density at radius 2 is 0.669 bits per heavy atom. The number of carbonyl (C=O) groups excluding carboxylic acids is 8. The number of aliphatic carboxylic acids is 2. The average molecular weight is 1900 g/mol. The van der Waals surface area contributed by atoms with Crippen LogP contribution >= 0.6 is 38.6 Å². The molecule has 0 aliphatic heterocycles. The highest BCUT2D eigenvalue weighted by molar-refractivity contribution is 9.08. The molecule has 4 amide bonds. The number of benzene rings is 7. The summed E-state index contributed by atoms with van der Waals surface area (Å²) in [5.74, 6) is -3.22. The summed E-state index contributed by atoms with van der Waals surface area (Å²) in [5, 5.41) is 32.7. The van der Waals surface area contributed by atoms with Crippen molar-refractivity contribution in [2.24, 2.45) is 29.6 Å². The van der Waals surface area contributed by atoms with Gasteiger partial charge in [-0.3, -0.25) is 19.3 Å². The number of nitrogens with zero attached hydrogens (tertiary/aromatic N) is 2. The summed E-state index contributed by atoms with van der Waals surface area (Å²) in [4.78, 5) is 123. The second-order valence-corrected chi connectivity index (χ2v) is 36.9. The van der Waals surface area contributed by atoms with Gasteiger partial charge in [0.25, 0.3) is 0 Å². The van der Waals surface area contributed by atoms with Crippen LogP contribution in [0.4, 0.5) is 14.4 Å². The van der Waals surface area contributed by atoms with Crippen LogP contribution in [-0.4, -0.2) is 148 Å². The smallest absolute Gasteiger partial charge is 0.410 e. The maximum Gasteiger partial charge on any atom is 0.410 e. The van der Waals surface area contributed by atoms with E-state index < -0.39 is 83.1 Å². The molecule has 130 heavy (non-hydrogen) atoms. The van der Waals surface area contributed by atoms with Gasteiger partial charge < -0.3 is 64.2 Å². The highest BCUT2D eigenvalue weighted by atomic mass is 79.9. The van der Waals surface area contributed by atoms with E-state index in [1.54, 1.807) is 118 Å². The Morgan fingerprint density at radius 3 is 0.985 bits per heavy atom. The van der Waals surface area contributed by atoms with E-state index in [1.807, 2.05) is 248 Å². The molecule has 0 aliphatic rings. The normalized spacial score (nSPS) is 13.2.